The van der Waals surface area contributed by atoms with Gasteiger partial charge in [-0.2, -0.15) is 0 Å². The molecule has 2 saturated carbocycles. The molecule has 2 aliphatic carbocycles. The molecule has 0 aromatic carbocycles. The number of aliphatic hydroxyl groups is 1. The van der Waals surface area contributed by atoms with Crippen molar-refractivity contribution in [1.29, 1.82) is 0 Å². The first kappa shape index (κ1) is 9.59. The summed E-state index contributed by atoms with van der Waals surface area (Å²) >= 11 is 1.64. The standard InChI is InChI=1S/C9H14N4OS/c14-7-2-1-3-8(7)15-9-10-11-12-13(9)6-4-5-6/h6-8,14H,1-5H2. The molecular weight excluding hydrogens is 212 g/mol. The van der Waals surface area contributed by atoms with E-state index in [4.69, 9.17) is 0 Å². The summed E-state index contributed by atoms with van der Waals surface area (Å²) in [6.07, 6.45) is 5.30. The summed E-state index contributed by atoms with van der Waals surface area (Å²) in [5.74, 6) is 0. The van der Waals surface area contributed by atoms with Crippen LogP contribution in [0.3, 0.4) is 0 Å². The normalized spacial score (nSPS) is 31.0. The maximum Gasteiger partial charge on any atom is 0.209 e. The molecule has 0 amide bonds. The molecule has 3 rings (SSSR count). The summed E-state index contributed by atoms with van der Waals surface area (Å²) in [7, 11) is 0. The summed E-state index contributed by atoms with van der Waals surface area (Å²) in [4.78, 5) is 0. The van der Waals surface area contributed by atoms with Gasteiger partial charge in [0.1, 0.15) is 0 Å². The van der Waals surface area contributed by atoms with Gasteiger partial charge in [0.25, 0.3) is 0 Å². The average molecular weight is 226 g/mol. The van der Waals surface area contributed by atoms with E-state index in [-0.39, 0.29) is 11.4 Å². The maximum atomic E-state index is 9.73. The Bertz CT molecular complexity index is 352. The molecule has 5 nitrogen and oxygen atoms in total. The fourth-order valence-electron chi connectivity index (χ4n) is 1.99. The average Bonchev–Trinajstić information content (AvgIpc) is 2.85. The second-order valence-electron chi connectivity index (χ2n) is 4.29. The first-order valence-corrected chi connectivity index (χ1v) is 6.35. The Labute approximate surface area is 92.2 Å². The van der Waals surface area contributed by atoms with Crippen LogP contribution in [0.2, 0.25) is 0 Å². The third-order valence-electron chi connectivity index (χ3n) is 3.03. The van der Waals surface area contributed by atoms with E-state index in [0.717, 1.165) is 24.4 Å². The molecule has 0 radical (unpaired) electrons. The number of tetrazole rings is 1. The summed E-state index contributed by atoms with van der Waals surface area (Å²) in [6, 6.07) is 0.515. The van der Waals surface area contributed by atoms with Crippen molar-refractivity contribution in [3.63, 3.8) is 0 Å². The van der Waals surface area contributed by atoms with E-state index >= 15 is 0 Å². The van der Waals surface area contributed by atoms with Crippen LogP contribution < -0.4 is 0 Å². The smallest absolute Gasteiger partial charge is 0.209 e. The van der Waals surface area contributed by atoms with Gasteiger partial charge in [-0.1, -0.05) is 11.8 Å². The Kier molecular flexibility index (Phi) is 2.40. The van der Waals surface area contributed by atoms with E-state index in [1.165, 1.54) is 12.8 Å². The van der Waals surface area contributed by atoms with Crippen LogP contribution >= 0.6 is 11.8 Å². The highest BCUT2D eigenvalue weighted by molar-refractivity contribution is 7.99. The number of hydrogen-bond donors (Lipinski definition) is 1. The number of rotatable bonds is 3. The second kappa shape index (κ2) is 3.75. The topological polar surface area (TPSA) is 63.8 Å². The quantitative estimate of drug-likeness (QED) is 0.833. The van der Waals surface area contributed by atoms with E-state index < -0.39 is 0 Å². The van der Waals surface area contributed by atoms with Gasteiger partial charge in [0.15, 0.2) is 0 Å². The van der Waals surface area contributed by atoms with Crippen molar-refractivity contribution in [2.75, 3.05) is 0 Å². The Morgan fingerprint density at radius 1 is 1.27 bits per heavy atom. The monoisotopic (exact) mass is 226 g/mol. The van der Waals surface area contributed by atoms with Crippen molar-refractivity contribution in [3.05, 3.63) is 0 Å². The predicted octanol–water partition coefficient (Wildman–Crippen LogP) is 1.01. The number of aromatic nitrogens is 4. The zero-order chi connectivity index (χ0) is 10.3. The van der Waals surface area contributed by atoms with Crippen LogP contribution in [0.5, 0.6) is 0 Å². The predicted molar refractivity (Wildman–Crippen MR) is 55.6 cm³/mol. The Hall–Kier alpha value is -0.620. The number of nitrogens with zero attached hydrogens (tertiary/aromatic N) is 4. The van der Waals surface area contributed by atoms with Gasteiger partial charge in [-0.25, -0.2) is 4.68 Å². The molecule has 1 aromatic rings. The molecule has 2 unspecified atom stereocenters. The van der Waals surface area contributed by atoms with Crippen molar-refractivity contribution in [2.24, 2.45) is 0 Å². The van der Waals surface area contributed by atoms with Gasteiger partial charge in [-0.3, -0.25) is 0 Å². The van der Waals surface area contributed by atoms with Gasteiger partial charge in [-0.15, -0.1) is 5.10 Å². The first-order chi connectivity index (χ1) is 7.34. The lowest BCUT2D eigenvalue weighted by atomic mass is 10.3. The molecule has 0 aliphatic heterocycles. The van der Waals surface area contributed by atoms with Gasteiger partial charge < -0.3 is 5.11 Å². The minimum absolute atomic E-state index is 0.181. The fourth-order valence-corrected chi connectivity index (χ4v) is 3.22. The molecule has 82 valence electrons. The lowest BCUT2D eigenvalue weighted by Crippen LogP contribution is -2.16. The zero-order valence-electron chi connectivity index (χ0n) is 8.41. The van der Waals surface area contributed by atoms with Crippen LogP contribution in [-0.4, -0.2) is 36.7 Å². The van der Waals surface area contributed by atoms with Gasteiger partial charge in [0, 0.05) is 5.25 Å². The van der Waals surface area contributed by atoms with E-state index in [1.807, 2.05) is 4.68 Å². The zero-order valence-corrected chi connectivity index (χ0v) is 9.23. The van der Waals surface area contributed by atoms with Crippen molar-refractivity contribution in [2.45, 2.75) is 54.7 Å². The van der Waals surface area contributed by atoms with Crippen molar-refractivity contribution >= 4 is 11.8 Å². The van der Waals surface area contributed by atoms with Crippen molar-refractivity contribution in [3.8, 4) is 0 Å². The van der Waals surface area contributed by atoms with Gasteiger partial charge in [0.05, 0.1) is 12.1 Å². The molecule has 15 heavy (non-hydrogen) atoms. The highest BCUT2D eigenvalue weighted by Gasteiger charge is 2.32. The maximum absolute atomic E-state index is 9.73. The minimum atomic E-state index is -0.181. The SMILES string of the molecule is OC1CCCC1Sc1nnnn1C1CC1. The van der Waals surface area contributed by atoms with Crippen LogP contribution in [0.15, 0.2) is 5.16 Å². The lowest BCUT2D eigenvalue weighted by molar-refractivity contribution is 0.188. The number of thioether (sulfide) groups is 1. The highest BCUT2D eigenvalue weighted by atomic mass is 32.2. The third-order valence-corrected chi connectivity index (χ3v) is 4.36. The molecule has 1 N–H and O–H groups in total. The van der Waals surface area contributed by atoms with E-state index in [2.05, 4.69) is 15.5 Å². The summed E-state index contributed by atoms with van der Waals surface area (Å²) in [5.41, 5.74) is 0. The molecule has 2 fully saturated rings. The Balaban J connectivity index is 1.72. The lowest BCUT2D eigenvalue weighted by Gasteiger charge is -2.12. The Morgan fingerprint density at radius 2 is 2.13 bits per heavy atom. The highest BCUT2D eigenvalue weighted by Crippen LogP contribution is 2.39. The fraction of sp³-hybridized carbons (Fsp3) is 0.889. The summed E-state index contributed by atoms with van der Waals surface area (Å²) in [6.45, 7) is 0. The third kappa shape index (κ3) is 1.88. The first-order valence-electron chi connectivity index (χ1n) is 5.47. The van der Waals surface area contributed by atoms with Crippen LogP contribution in [-0.2, 0) is 0 Å². The molecule has 1 heterocycles. The molecule has 0 bridgehead atoms. The molecule has 0 saturated heterocycles. The van der Waals surface area contributed by atoms with Crippen LogP contribution in [0.25, 0.3) is 0 Å². The number of aliphatic hydroxyl groups excluding tert-OH is 1. The molecular formula is C9H14N4OS. The van der Waals surface area contributed by atoms with E-state index in [9.17, 15) is 5.11 Å². The molecule has 6 heteroatoms. The van der Waals surface area contributed by atoms with Gasteiger partial charge >= 0.3 is 0 Å². The Morgan fingerprint density at radius 3 is 2.80 bits per heavy atom. The van der Waals surface area contributed by atoms with Crippen molar-refractivity contribution in [1.82, 2.24) is 20.2 Å². The number of hydrogen-bond acceptors (Lipinski definition) is 5. The van der Waals surface area contributed by atoms with Crippen LogP contribution in [0, 0.1) is 0 Å². The van der Waals surface area contributed by atoms with Crippen molar-refractivity contribution < 1.29 is 5.11 Å². The van der Waals surface area contributed by atoms with E-state index in [0.29, 0.717) is 6.04 Å². The summed E-state index contributed by atoms with van der Waals surface area (Å²) < 4.78 is 1.91. The molecule has 1 aromatic heterocycles. The largest absolute Gasteiger partial charge is 0.392 e. The molecule has 2 atom stereocenters. The van der Waals surface area contributed by atoms with Gasteiger partial charge in [-0.05, 0) is 42.5 Å². The summed E-state index contributed by atoms with van der Waals surface area (Å²) in [5, 5.41) is 22.6. The van der Waals surface area contributed by atoms with E-state index in [1.54, 1.807) is 11.8 Å². The van der Waals surface area contributed by atoms with Crippen LogP contribution in [0.4, 0.5) is 0 Å². The van der Waals surface area contributed by atoms with Gasteiger partial charge in [0.2, 0.25) is 5.16 Å². The minimum Gasteiger partial charge on any atom is -0.392 e. The second-order valence-corrected chi connectivity index (χ2v) is 5.50. The molecule has 0 spiro atoms. The van der Waals surface area contributed by atoms with Crippen LogP contribution in [0.1, 0.15) is 38.1 Å². The molecule has 2 aliphatic rings.